The van der Waals surface area contributed by atoms with Gasteiger partial charge in [-0.3, -0.25) is 4.57 Å². The predicted octanol–water partition coefficient (Wildman–Crippen LogP) is 6.49. The zero-order valence-corrected chi connectivity index (χ0v) is 14.6. The molecule has 0 amide bonds. The SMILES string of the molecule is c1ccc(-n2c3ccccc3c3ccc4c5ccccc5ccc4c32)nc1. The molecule has 2 aromatic heterocycles. The molecule has 0 saturated carbocycles. The number of pyridine rings is 1. The molecule has 27 heavy (non-hydrogen) atoms. The lowest BCUT2D eigenvalue weighted by atomic mass is 9.99. The summed E-state index contributed by atoms with van der Waals surface area (Å²) in [6, 6.07) is 32.2. The first-order valence-electron chi connectivity index (χ1n) is 9.17. The Morgan fingerprint density at radius 1 is 0.519 bits per heavy atom. The normalized spacial score (nSPS) is 11.7. The van der Waals surface area contributed by atoms with Crippen molar-refractivity contribution in [3.63, 3.8) is 0 Å². The van der Waals surface area contributed by atoms with Crippen LogP contribution in [0.4, 0.5) is 0 Å². The fraction of sp³-hybridized carbons (Fsp3) is 0. The second-order valence-electron chi connectivity index (χ2n) is 6.88. The Morgan fingerprint density at radius 2 is 1.22 bits per heavy atom. The Bertz CT molecular complexity index is 1460. The minimum atomic E-state index is 0.948. The summed E-state index contributed by atoms with van der Waals surface area (Å²) < 4.78 is 2.29. The second kappa shape index (κ2) is 5.42. The first-order valence-corrected chi connectivity index (χ1v) is 9.17. The van der Waals surface area contributed by atoms with Crippen LogP contribution in [0.25, 0.3) is 49.2 Å². The van der Waals surface area contributed by atoms with Crippen molar-refractivity contribution in [3.05, 3.63) is 97.2 Å². The first kappa shape index (κ1) is 14.5. The maximum atomic E-state index is 4.65. The summed E-state index contributed by atoms with van der Waals surface area (Å²) in [7, 11) is 0. The predicted molar refractivity (Wildman–Crippen MR) is 114 cm³/mol. The van der Waals surface area contributed by atoms with E-state index in [2.05, 4.69) is 88.4 Å². The molecule has 0 aliphatic carbocycles. The third-order valence-corrected chi connectivity index (χ3v) is 5.43. The van der Waals surface area contributed by atoms with Crippen molar-refractivity contribution >= 4 is 43.4 Å². The summed E-state index contributed by atoms with van der Waals surface area (Å²) in [5.41, 5.74) is 2.41. The quantitative estimate of drug-likeness (QED) is 0.312. The van der Waals surface area contributed by atoms with E-state index in [1.165, 1.54) is 43.4 Å². The zero-order chi connectivity index (χ0) is 17.8. The largest absolute Gasteiger partial charge is 0.293 e. The number of benzene rings is 4. The number of para-hydroxylation sites is 1. The number of rotatable bonds is 1. The molecule has 2 nitrogen and oxygen atoms in total. The molecule has 0 unspecified atom stereocenters. The fourth-order valence-corrected chi connectivity index (χ4v) is 4.27. The van der Waals surface area contributed by atoms with Crippen LogP contribution < -0.4 is 0 Å². The lowest BCUT2D eigenvalue weighted by molar-refractivity contribution is 1.08. The standard InChI is InChI=1S/C25H16N2/c1-2-8-18-17(7-1)12-13-21-19(18)14-15-22-20-9-3-4-10-23(20)27(25(21)22)24-11-5-6-16-26-24/h1-16H. The van der Waals surface area contributed by atoms with Crippen LogP contribution in [0.2, 0.25) is 0 Å². The van der Waals surface area contributed by atoms with E-state index in [4.69, 9.17) is 0 Å². The molecule has 0 spiro atoms. The van der Waals surface area contributed by atoms with Crippen molar-refractivity contribution < 1.29 is 0 Å². The van der Waals surface area contributed by atoms with E-state index >= 15 is 0 Å². The van der Waals surface area contributed by atoms with E-state index in [0.29, 0.717) is 0 Å². The number of nitrogens with zero attached hydrogens (tertiary/aromatic N) is 2. The summed E-state index contributed by atoms with van der Waals surface area (Å²) in [5, 5.41) is 7.61. The van der Waals surface area contributed by atoms with E-state index in [9.17, 15) is 0 Å². The minimum Gasteiger partial charge on any atom is -0.293 e. The van der Waals surface area contributed by atoms with Crippen LogP contribution in [0.5, 0.6) is 0 Å². The van der Waals surface area contributed by atoms with Gasteiger partial charge in [-0.05, 0) is 34.4 Å². The average Bonchev–Trinajstić information content (AvgIpc) is 3.09. The highest BCUT2D eigenvalue weighted by atomic mass is 15.1. The van der Waals surface area contributed by atoms with Crippen LogP contribution >= 0.6 is 0 Å². The molecule has 2 heterocycles. The molecule has 0 fully saturated rings. The van der Waals surface area contributed by atoms with Crippen LogP contribution in [0.3, 0.4) is 0 Å². The molecule has 0 saturated heterocycles. The van der Waals surface area contributed by atoms with Gasteiger partial charge in [-0.2, -0.15) is 0 Å². The van der Waals surface area contributed by atoms with Gasteiger partial charge in [0.1, 0.15) is 5.82 Å². The van der Waals surface area contributed by atoms with Crippen molar-refractivity contribution in [2.24, 2.45) is 0 Å². The van der Waals surface area contributed by atoms with E-state index < -0.39 is 0 Å². The van der Waals surface area contributed by atoms with Gasteiger partial charge in [-0.15, -0.1) is 0 Å². The Labute approximate surface area is 156 Å². The number of hydrogen-bond acceptors (Lipinski definition) is 1. The third-order valence-electron chi connectivity index (χ3n) is 5.43. The Morgan fingerprint density at radius 3 is 2.11 bits per heavy atom. The lowest BCUT2D eigenvalue weighted by Gasteiger charge is -2.10. The smallest absolute Gasteiger partial charge is 0.137 e. The molecule has 0 aliphatic rings. The van der Waals surface area contributed by atoms with Crippen LogP contribution in [-0.2, 0) is 0 Å². The topological polar surface area (TPSA) is 17.8 Å². The van der Waals surface area contributed by atoms with E-state index in [1.54, 1.807) is 0 Å². The van der Waals surface area contributed by atoms with Crippen molar-refractivity contribution in [3.8, 4) is 5.82 Å². The van der Waals surface area contributed by atoms with Gasteiger partial charge >= 0.3 is 0 Å². The molecule has 6 rings (SSSR count). The Balaban J connectivity index is 1.90. The van der Waals surface area contributed by atoms with Crippen LogP contribution in [0.15, 0.2) is 97.2 Å². The van der Waals surface area contributed by atoms with Crippen LogP contribution in [0, 0.1) is 0 Å². The van der Waals surface area contributed by atoms with Crippen molar-refractivity contribution in [2.75, 3.05) is 0 Å². The van der Waals surface area contributed by atoms with Crippen LogP contribution in [-0.4, -0.2) is 9.55 Å². The van der Waals surface area contributed by atoms with Gasteiger partial charge in [0.05, 0.1) is 11.0 Å². The van der Waals surface area contributed by atoms with Crippen molar-refractivity contribution in [1.82, 2.24) is 9.55 Å². The van der Waals surface area contributed by atoms with Gasteiger partial charge in [0.25, 0.3) is 0 Å². The van der Waals surface area contributed by atoms with Crippen molar-refractivity contribution in [1.29, 1.82) is 0 Å². The number of aromatic nitrogens is 2. The van der Waals surface area contributed by atoms with Crippen LogP contribution in [0.1, 0.15) is 0 Å². The van der Waals surface area contributed by atoms with Gasteiger partial charge in [-0.1, -0.05) is 72.8 Å². The second-order valence-corrected chi connectivity index (χ2v) is 6.88. The maximum absolute atomic E-state index is 4.65. The zero-order valence-electron chi connectivity index (χ0n) is 14.6. The van der Waals surface area contributed by atoms with E-state index in [-0.39, 0.29) is 0 Å². The molecule has 0 N–H and O–H groups in total. The molecule has 0 atom stereocenters. The fourth-order valence-electron chi connectivity index (χ4n) is 4.27. The van der Waals surface area contributed by atoms with Gasteiger partial charge < -0.3 is 0 Å². The molecule has 0 aliphatic heterocycles. The molecule has 126 valence electrons. The highest BCUT2D eigenvalue weighted by Gasteiger charge is 2.15. The summed E-state index contributed by atoms with van der Waals surface area (Å²) in [5.74, 6) is 0.948. The summed E-state index contributed by atoms with van der Waals surface area (Å²) in [6.45, 7) is 0. The molecular formula is C25H16N2. The van der Waals surface area contributed by atoms with E-state index in [1.807, 2.05) is 18.3 Å². The third kappa shape index (κ3) is 1.98. The molecule has 0 bridgehead atoms. The molecule has 4 aromatic carbocycles. The number of fused-ring (bicyclic) bond motifs is 7. The lowest BCUT2D eigenvalue weighted by Crippen LogP contribution is -1.96. The highest BCUT2D eigenvalue weighted by Crippen LogP contribution is 2.38. The average molecular weight is 344 g/mol. The van der Waals surface area contributed by atoms with Gasteiger partial charge in [0, 0.05) is 22.4 Å². The molecule has 6 aromatic rings. The highest BCUT2D eigenvalue weighted by molar-refractivity contribution is 6.22. The maximum Gasteiger partial charge on any atom is 0.137 e. The molecule has 2 heteroatoms. The molecular weight excluding hydrogens is 328 g/mol. The monoisotopic (exact) mass is 344 g/mol. The van der Waals surface area contributed by atoms with E-state index in [0.717, 1.165) is 5.82 Å². The first-order chi connectivity index (χ1) is 13.4. The van der Waals surface area contributed by atoms with Gasteiger partial charge in [-0.25, -0.2) is 4.98 Å². The Hall–Kier alpha value is -3.65. The molecule has 0 radical (unpaired) electrons. The van der Waals surface area contributed by atoms with Gasteiger partial charge in [0.2, 0.25) is 0 Å². The minimum absolute atomic E-state index is 0.948. The van der Waals surface area contributed by atoms with Crippen molar-refractivity contribution in [2.45, 2.75) is 0 Å². The summed E-state index contributed by atoms with van der Waals surface area (Å²) in [4.78, 5) is 4.65. The number of hydrogen-bond donors (Lipinski definition) is 0. The van der Waals surface area contributed by atoms with Gasteiger partial charge in [0.15, 0.2) is 0 Å². The summed E-state index contributed by atoms with van der Waals surface area (Å²) in [6.07, 6.45) is 1.86. The Kier molecular flexibility index (Phi) is 2.91. The summed E-state index contributed by atoms with van der Waals surface area (Å²) >= 11 is 0.